The standard InChI is InChI=1S/C5H9NO2/c1-4(8)2-5(6)3-7/h2,7H,3,6H2,1H3. The molecular weight excluding hydrogens is 106 g/mol. The van der Waals surface area contributed by atoms with Crippen LogP contribution in [-0.4, -0.2) is 17.5 Å². The smallest absolute Gasteiger partial charge is 0.154 e. The van der Waals surface area contributed by atoms with Crippen molar-refractivity contribution < 1.29 is 9.90 Å². The molecule has 3 nitrogen and oxygen atoms in total. The van der Waals surface area contributed by atoms with Crippen LogP contribution in [0.15, 0.2) is 11.8 Å². The molecule has 0 aliphatic rings. The molecule has 0 fully saturated rings. The summed E-state index contributed by atoms with van der Waals surface area (Å²) in [5, 5.41) is 8.24. The molecule has 8 heavy (non-hydrogen) atoms. The second kappa shape index (κ2) is 3.21. The first-order valence-electron chi connectivity index (χ1n) is 2.24. The summed E-state index contributed by atoms with van der Waals surface area (Å²) in [6.07, 6.45) is 1.19. The van der Waals surface area contributed by atoms with Gasteiger partial charge in [-0.3, -0.25) is 4.79 Å². The highest BCUT2D eigenvalue weighted by Gasteiger charge is 1.86. The molecule has 0 atom stereocenters. The van der Waals surface area contributed by atoms with Gasteiger partial charge in [-0.25, -0.2) is 0 Å². The molecule has 0 radical (unpaired) electrons. The number of ketones is 1. The van der Waals surface area contributed by atoms with Gasteiger partial charge < -0.3 is 10.8 Å². The molecule has 3 heteroatoms. The third-order valence-electron chi connectivity index (χ3n) is 0.571. The highest BCUT2D eigenvalue weighted by Crippen LogP contribution is 1.79. The third-order valence-corrected chi connectivity index (χ3v) is 0.571. The Balaban J connectivity index is 3.75. The van der Waals surface area contributed by atoms with Crippen LogP contribution in [0.3, 0.4) is 0 Å². The van der Waals surface area contributed by atoms with E-state index in [1.54, 1.807) is 0 Å². The van der Waals surface area contributed by atoms with Crippen LogP contribution >= 0.6 is 0 Å². The van der Waals surface area contributed by atoms with E-state index in [9.17, 15) is 4.79 Å². The second-order valence-corrected chi connectivity index (χ2v) is 1.49. The van der Waals surface area contributed by atoms with Crippen LogP contribution in [0.4, 0.5) is 0 Å². The molecule has 0 saturated carbocycles. The molecule has 3 N–H and O–H groups in total. The Bertz CT molecular complexity index is 118. The average Bonchev–Trinajstić information content (AvgIpc) is 1.65. The number of rotatable bonds is 2. The van der Waals surface area contributed by atoms with E-state index in [0.29, 0.717) is 0 Å². The fourth-order valence-corrected chi connectivity index (χ4v) is 0.307. The first kappa shape index (κ1) is 7.17. The van der Waals surface area contributed by atoms with E-state index in [-0.39, 0.29) is 18.1 Å². The molecule has 0 heterocycles. The van der Waals surface area contributed by atoms with Crippen LogP contribution in [-0.2, 0) is 4.79 Å². The van der Waals surface area contributed by atoms with Gasteiger partial charge in [0.05, 0.1) is 6.61 Å². The Morgan fingerprint density at radius 2 is 2.38 bits per heavy atom. The van der Waals surface area contributed by atoms with E-state index in [1.807, 2.05) is 0 Å². The molecule has 0 aromatic rings. The van der Waals surface area contributed by atoms with E-state index >= 15 is 0 Å². The molecule has 46 valence electrons. The van der Waals surface area contributed by atoms with Crippen molar-refractivity contribution in [2.75, 3.05) is 6.61 Å². The first-order chi connectivity index (χ1) is 3.66. The van der Waals surface area contributed by atoms with Crippen LogP contribution in [0.5, 0.6) is 0 Å². The van der Waals surface area contributed by atoms with E-state index in [0.717, 1.165) is 0 Å². The summed E-state index contributed by atoms with van der Waals surface area (Å²) in [4.78, 5) is 10.1. The van der Waals surface area contributed by atoms with Crippen molar-refractivity contribution in [2.24, 2.45) is 5.73 Å². The summed E-state index contributed by atoms with van der Waals surface area (Å²) in [6.45, 7) is 1.13. The molecule has 0 rings (SSSR count). The van der Waals surface area contributed by atoms with Crippen molar-refractivity contribution in [3.63, 3.8) is 0 Å². The lowest BCUT2D eigenvalue weighted by Crippen LogP contribution is -2.03. The fraction of sp³-hybridized carbons (Fsp3) is 0.400. The van der Waals surface area contributed by atoms with Gasteiger partial charge in [0.25, 0.3) is 0 Å². The maximum Gasteiger partial charge on any atom is 0.154 e. The van der Waals surface area contributed by atoms with Crippen molar-refractivity contribution in [3.05, 3.63) is 11.8 Å². The van der Waals surface area contributed by atoms with Gasteiger partial charge >= 0.3 is 0 Å². The third kappa shape index (κ3) is 3.36. The topological polar surface area (TPSA) is 63.3 Å². The second-order valence-electron chi connectivity index (χ2n) is 1.49. The van der Waals surface area contributed by atoms with Gasteiger partial charge in [-0.15, -0.1) is 0 Å². The molecule has 0 unspecified atom stereocenters. The quantitative estimate of drug-likeness (QED) is 0.473. The minimum Gasteiger partial charge on any atom is -0.400 e. The Hall–Kier alpha value is -0.830. The number of nitrogens with two attached hydrogens (primary N) is 1. The number of hydrogen-bond donors (Lipinski definition) is 2. The van der Waals surface area contributed by atoms with Gasteiger partial charge in [0, 0.05) is 11.8 Å². The summed E-state index contributed by atoms with van der Waals surface area (Å²) < 4.78 is 0. The zero-order valence-corrected chi connectivity index (χ0v) is 4.72. The minimum atomic E-state index is -0.250. The molecular formula is C5H9NO2. The lowest BCUT2D eigenvalue weighted by molar-refractivity contribution is -0.112. The van der Waals surface area contributed by atoms with Crippen LogP contribution in [0, 0.1) is 0 Å². The predicted molar refractivity (Wildman–Crippen MR) is 30.0 cm³/mol. The highest BCUT2D eigenvalue weighted by molar-refractivity contribution is 5.87. The normalized spacial score (nSPS) is 11.5. The fourth-order valence-electron chi connectivity index (χ4n) is 0.307. The van der Waals surface area contributed by atoms with Crippen LogP contribution in [0.25, 0.3) is 0 Å². The Morgan fingerprint density at radius 3 is 2.50 bits per heavy atom. The van der Waals surface area contributed by atoms with Gasteiger partial charge in [-0.05, 0) is 6.92 Å². The molecule has 0 bridgehead atoms. The van der Waals surface area contributed by atoms with Crippen molar-refractivity contribution in [3.8, 4) is 0 Å². The molecule has 0 amide bonds. The molecule has 0 aromatic heterocycles. The lowest BCUT2D eigenvalue weighted by Gasteiger charge is -1.88. The molecule has 0 aromatic carbocycles. The van der Waals surface area contributed by atoms with Gasteiger partial charge in [0.15, 0.2) is 5.78 Å². The predicted octanol–water partition coefficient (Wildman–Crippen LogP) is -0.590. The highest BCUT2D eigenvalue weighted by atomic mass is 16.3. The maximum absolute atomic E-state index is 10.1. The van der Waals surface area contributed by atoms with E-state index in [4.69, 9.17) is 10.8 Å². The Labute approximate surface area is 47.8 Å². The summed E-state index contributed by atoms with van der Waals surface area (Å²) in [5.41, 5.74) is 5.27. The lowest BCUT2D eigenvalue weighted by atomic mass is 10.3. The number of carbonyl (C=O) groups excluding carboxylic acids is 1. The molecule has 0 aliphatic heterocycles. The van der Waals surface area contributed by atoms with Crippen LogP contribution in [0.1, 0.15) is 6.92 Å². The number of carbonyl (C=O) groups is 1. The number of hydrogen-bond acceptors (Lipinski definition) is 3. The van der Waals surface area contributed by atoms with Crippen molar-refractivity contribution in [1.29, 1.82) is 0 Å². The number of allylic oxidation sites excluding steroid dienone is 1. The SMILES string of the molecule is CC(=O)C=C(N)CO. The Kier molecular flexibility index (Phi) is 2.88. The van der Waals surface area contributed by atoms with Gasteiger partial charge in [0.1, 0.15) is 0 Å². The number of aliphatic hydroxyl groups is 1. The van der Waals surface area contributed by atoms with E-state index < -0.39 is 0 Å². The maximum atomic E-state index is 10.1. The van der Waals surface area contributed by atoms with Gasteiger partial charge in [-0.2, -0.15) is 0 Å². The number of aliphatic hydroxyl groups excluding tert-OH is 1. The minimum absolute atomic E-state index is 0.142. The molecule has 0 spiro atoms. The van der Waals surface area contributed by atoms with Gasteiger partial charge in [0.2, 0.25) is 0 Å². The average molecular weight is 115 g/mol. The van der Waals surface area contributed by atoms with Crippen LogP contribution < -0.4 is 5.73 Å². The molecule has 0 aliphatic carbocycles. The summed E-state index contributed by atoms with van der Waals surface area (Å²) >= 11 is 0. The summed E-state index contributed by atoms with van der Waals surface area (Å²) in [5.74, 6) is -0.142. The van der Waals surface area contributed by atoms with E-state index in [1.165, 1.54) is 13.0 Å². The van der Waals surface area contributed by atoms with Crippen molar-refractivity contribution >= 4 is 5.78 Å². The van der Waals surface area contributed by atoms with E-state index in [2.05, 4.69) is 0 Å². The first-order valence-corrected chi connectivity index (χ1v) is 2.24. The summed E-state index contributed by atoms with van der Waals surface area (Å²) in [7, 11) is 0. The zero-order valence-electron chi connectivity index (χ0n) is 4.72. The zero-order chi connectivity index (χ0) is 6.57. The van der Waals surface area contributed by atoms with Crippen LogP contribution in [0.2, 0.25) is 0 Å². The Morgan fingerprint density at radius 1 is 1.88 bits per heavy atom. The van der Waals surface area contributed by atoms with Crippen molar-refractivity contribution in [2.45, 2.75) is 6.92 Å². The monoisotopic (exact) mass is 115 g/mol. The summed E-state index contributed by atoms with van der Waals surface area (Å²) in [6, 6.07) is 0. The van der Waals surface area contributed by atoms with Gasteiger partial charge in [-0.1, -0.05) is 0 Å². The largest absolute Gasteiger partial charge is 0.400 e. The molecule has 0 saturated heterocycles. The van der Waals surface area contributed by atoms with Crippen molar-refractivity contribution in [1.82, 2.24) is 0 Å².